The monoisotopic (exact) mass is 275 g/mol. The second-order valence-corrected chi connectivity index (χ2v) is 6.04. The van der Waals surface area contributed by atoms with Crippen molar-refractivity contribution in [1.82, 2.24) is 15.5 Å². The van der Waals surface area contributed by atoms with Crippen molar-refractivity contribution in [3.63, 3.8) is 0 Å². The molecule has 104 valence electrons. The summed E-state index contributed by atoms with van der Waals surface area (Å²) in [6.07, 6.45) is 2.24. The van der Waals surface area contributed by atoms with E-state index < -0.39 is 22.6 Å². The quantitative estimate of drug-likeness (QED) is 0.625. The molecule has 1 heterocycles. The van der Waals surface area contributed by atoms with Gasteiger partial charge >= 0.3 is 11.8 Å². The molecule has 1 aliphatic heterocycles. The Kier molecular flexibility index (Phi) is 6.28. The fourth-order valence-electron chi connectivity index (χ4n) is 1.71. The van der Waals surface area contributed by atoms with Crippen molar-refractivity contribution < 1.29 is 13.8 Å². The lowest BCUT2D eigenvalue weighted by molar-refractivity contribution is -0.146. The van der Waals surface area contributed by atoms with E-state index in [9.17, 15) is 13.8 Å². The van der Waals surface area contributed by atoms with Crippen LogP contribution in [0.25, 0.3) is 0 Å². The Morgan fingerprint density at radius 3 is 2.56 bits per heavy atom. The van der Waals surface area contributed by atoms with Crippen LogP contribution in [-0.2, 0) is 20.4 Å². The van der Waals surface area contributed by atoms with Crippen LogP contribution in [0, 0.1) is 0 Å². The van der Waals surface area contributed by atoms with Crippen LogP contribution in [0.1, 0.15) is 13.3 Å². The van der Waals surface area contributed by atoms with Gasteiger partial charge in [0, 0.05) is 55.0 Å². The molecule has 0 aromatic heterocycles. The van der Waals surface area contributed by atoms with Gasteiger partial charge in [-0.25, -0.2) is 0 Å². The molecule has 7 heteroatoms. The number of nitrogens with zero attached hydrogens (tertiary/aromatic N) is 1. The third kappa shape index (κ3) is 5.14. The minimum Gasteiger partial charge on any atom is -0.345 e. The molecule has 1 aliphatic rings. The molecular weight excluding hydrogens is 254 g/mol. The maximum absolute atomic E-state index is 11.8. The van der Waals surface area contributed by atoms with Gasteiger partial charge in [-0.3, -0.25) is 13.8 Å². The minimum absolute atomic E-state index is 0.131. The van der Waals surface area contributed by atoms with E-state index in [1.807, 2.05) is 6.92 Å². The van der Waals surface area contributed by atoms with E-state index in [1.54, 1.807) is 11.2 Å². The number of rotatable bonds is 4. The first-order chi connectivity index (χ1) is 8.50. The van der Waals surface area contributed by atoms with Crippen molar-refractivity contribution in [3.8, 4) is 0 Å². The molecule has 0 aromatic rings. The lowest BCUT2D eigenvalue weighted by Gasteiger charge is -2.27. The van der Waals surface area contributed by atoms with Crippen LogP contribution in [0.2, 0.25) is 0 Å². The summed E-state index contributed by atoms with van der Waals surface area (Å²) >= 11 is 0. The van der Waals surface area contributed by atoms with Crippen molar-refractivity contribution in [2.75, 3.05) is 38.2 Å². The highest BCUT2D eigenvalue weighted by atomic mass is 32.2. The average molecular weight is 275 g/mol. The fraction of sp³-hybridized carbons (Fsp3) is 0.818. The Morgan fingerprint density at radius 2 is 2.00 bits per heavy atom. The molecule has 18 heavy (non-hydrogen) atoms. The molecule has 2 N–H and O–H groups in total. The molecule has 2 unspecified atom stereocenters. The van der Waals surface area contributed by atoms with Gasteiger partial charge in [0.25, 0.3) is 0 Å². The van der Waals surface area contributed by atoms with Gasteiger partial charge in [0.05, 0.1) is 0 Å². The SMILES string of the molecule is CC(CCS(C)=O)NC(=O)C(=O)N1CCNCC1. The van der Waals surface area contributed by atoms with Crippen LogP contribution in [0.5, 0.6) is 0 Å². The van der Waals surface area contributed by atoms with E-state index >= 15 is 0 Å². The van der Waals surface area contributed by atoms with Crippen LogP contribution >= 0.6 is 0 Å². The number of carbonyl (C=O) groups excluding carboxylic acids is 2. The number of hydrogen-bond donors (Lipinski definition) is 2. The average Bonchev–Trinajstić information content (AvgIpc) is 2.36. The predicted molar refractivity (Wildman–Crippen MR) is 70.6 cm³/mol. The van der Waals surface area contributed by atoms with Crippen LogP contribution in [-0.4, -0.2) is 65.2 Å². The van der Waals surface area contributed by atoms with E-state index in [-0.39, 0.29) is 6.04 Å². The highest BCUT2D eigenvalue weighted by Gasteiger charge is 2.23. The molecule has 1 rings (SSSR count). The molecule has 2 amide bonds. The summed E-state index contributed by atoms with van der Waals surface area (Å²) in [6.45, 7) is 4.40. The minimum atomic E-state index is -0.871. The normalized spacial score (nSPS) is 19.1. The van der Waals surface area contributed by atoms with Gasteiger partial charge in [-0.2, -0.15) is 0 Å². The van der Waals surface area contributed by atoms with E-state index in [4.69, 9.17) is 0 Å². The zero-order valence-electron chi connectivity index (χ0n) is 10.9. The van der Waals surface area contributed by atoms with Gasteiger partial charge < -0.3 is 15.5 Å². The van der Waals surface area contributed by atoms with E-state index in [1.165, 1.54) is 0 Å². The van der Waals surface area contributed by atoms with Gasteiger partial charge in [0.2, 0.25) is 0 Å². The molecule has 0 bridgehead atoms. The second-order valence-electron chi connectivity index (χ2n) is 4.48. The molecule has 0 aromatic carbocycles. The fourth-order valence-corrected chi connectivity index (χ4v) is 2.40. The lowest BCUT2D eigenvalue weighted by atomic mass is 10.2. The van der Waals surface area contributed by atoms with Crippen molar-refractivity contribution >= 4 is 22.6 Å². The number of carbonyl (C=O) groups is 2. The summed E-state index contributed by atoms with van der Waals surface area (Å²) in [5, 5.41) is 5.77. The third-order valence-electron chi connectivity index (χ3n) is 2.81. The second kappa shape index (κ2) is 7.48. The first-order valence-electron chi connectivity index (χ1n) is 6.11. The number of nitrogens with one attached hydrogen (secondary N) is 2. The zero-order chi connectivity index (χ0) is 13.5. The van der Waals surface area contributed by atoms with Gasteiger partial charge in [-0.15, -0.1) is 0 Å². The van der Waals surface area contributed by atoms with Gasteiger partial charge in [-0.1, -0.05) is 0 Å². The molecule has 0 radical (unpaired) electrons. The van der Waals surface area contributed by atoms with Crippen molar-refractivity contribution in [2.45, 2.75) is 19.4 Å². The van der Waals surface area contributed by atoms with E-state index in [2.05, 4.69) is 10.6 Å². The summed E-state index contributed by atoms with van der Waals surface area (Å²) in [7, 11) is -0.871. The Hall–Kier alpha value is -0.950. The molecule has 2 atom stereocenters. The van der Waals surface area contributed by atoms with Gasteiger partial charge in [0.15, 0.2) is 0 Å². The Balaban J connectivity index is 2.34. The number of hydrogen-bond acceptors (Lipinski definition) is 4. The summed E-state index contributed by atoms with van der Waals surface area (Å²) in [4.78, 5) is 25.0. The third-order valence-corrected chi connectivity index (χ3v) is 3.62. The zero-order valence-corrected chi connectivity index (χ0v) is 11.7. The van der Waals surface area contributed by atoms with Gasteiger partial charge in [0.1, 0.15) is 0 Å². The summed E-state index contributed by atoms with van der Waals surface area (Å²) < 4.78 is 10.9. The Morgan fingerprint density at radius 1 is 1.39 bits per heavy atom. The van der Waals surface area contributed by atoms with Crippen molar-refractivity contribution in [2.24, 2.45) is 0 Å². The smallest absolute Gasteiger partial charge is 0.311 e. The molecular formula is C11H21N3O3S. The molecule has 0 spiro atoms. The number of amides is 2. The lowest BCUT2D eigenvalue weighted by Crippen LogP contribution is -2.52. The topological polar surface area (TPSA) is 78.5 Å². The molecule has 0 aliphatic carbocycles. The van der Waals surface area contributed by atoms with E-state index in [0.29, 0.717) is 25.3 Å². The Labute approximate surface area is 110 Å². The first-order valence-corrected chi connectivity index (χ1v) is 7.84. The predicted octanol–water partition coefficient (Wildman–Crippen LogP) is -1.31. The first kappa shape index (κ1) is 15.1. The molecule has 1 fully saturated rings. The maximum Gasteiger partial charge on any atom is 0.311 e. The highest BCUT2D eigenvalue weighted by molar-refractivity contribution is 7.84. The van der Waals surface area contributed by atoms with Gasteiger partial charge in [-0.05, 0) is 13.3 Å². The summed E-state index contributed by atoms with van der Waals surface area (Å²) in [5.74, 6) is -0.504. The molecule has 0 saturated carbocycles. The Bertz CT molecular complexity index is 329. The summed E-state index contributed by atoms with van der Waals surface area (Å²) in [6, 6.07) is -0.131. The van der Waals surface area contributed by atoms with Crippen molar-refractivity contribution in [3.05, 3.63) is 0 Å². The number of piperazine rings is 1. The van der Waals surface area contributed by atoms with Crippen LogP contribution < -0.4 is 10.6 Å². The molecule has 1 saturated heterocycles. The maximum atomic E-state index is 11.8. The standard InChI is InChI=1S/C11H21N3O3S/c1-9(3-8-18(2)17)13-10(15)11(16)14-6-4-12-5-7-14/h9,12H,3-8H2,1-2H3,(H,13,15). The highest BCUT2D eigenvalue weighted by Crippen LogP contribution is 1.97. The molecule has 6 nitrogen and oxygen atoms in total. The largest absolute Gasteiger partial charge is 0.345 e. The summed E-state index contributed by atoms with van der Waals surface area (Å²) in [5.41, 5.74) is 0. The van der Waals surface area contributed by atoms with E-state index in [0.717, 1.165) is 13.1 Å². The van der Waals surface area contributed by atoms with Crippen molar-refractivity contribution in [1.29, 1.82) is 0 Å². The van der Waals surface area contributed by atoms with Crippen LogP contribution in [0.15, 0.2) is 0 Å². The van der Waals surface area contributed by atoms with Crippen LogP contribution in [0.4, 0.5) is 0 Å². The van der Waals surface area contributed by atoms with Crippen LogP contribution in [0.3, 0.4) is 0 Å².